The average molecular weight is 391 g/mol. The fraction of sp³-hybridized carbons (Fsp3) is 0.556. The van der Waals surface area contributed by atoms with Crippen molar-refractivity contribution in [2.24, 2.45) is 5.41 Å². The lowest BCUT2D eigenvalue weighted by Gasteiger charge is -2.38. The molecule has 0 saturated carbocycles. The Hall–Kier alpha value is -1.54. The number of hydrogen-bond acceptors (Lipinski definition) is 4. The van der Waals surface area contributed by atoms with E-state index >= 15 is 0 Å². The molecule has 1 aliphatic heterocycles. The Balaban J connectivity index is 2.30. The van der Waals surface area contributed by atoms with Gasteiger partial charge >= 0.3 is 0 Å². The molecule has 1 unspecified atom stereocenters. The molecule has 1 heterocycles. The van der Waals surface area contributed by atoms with E-state index in [9.17, 15) is 14.4 Å². The minimum absolute atomic E-state index is 0.0824. The molecule has 5 nitrogen and oxygen atoms in total. The SMILES string of the molecule is C[Si]OC(O[Si]C)C(C)(C)CC1CCC(=O)N1c1cc(F)ccc1C#N. The molecule has 1 saturated heterocycles. The molecular formula is C18H23FN2O3Si2. The Bertz CT molecular complexity index is 688. The lowest BCUT2D eigenvalue weighted by molar-refractivity contribution is -0.117. The number of rotatable bonds is 8. The normalized spacial score (nSPS) is 17.8. The molecule has 138 valence electrons. The summed E-state index contributed by atoms with van der Waals surface area (Å²) in [5, 5.41) is 9.35. The molecule has 1 aliphatic rings. The fourth-order valence-electron chi connectivity index (χ4n) is 3.33. The Kier molecular flexibility index (Phi) is 7.11. The number of benzene rings is 1. The van der Waals surface area contributed by atoms with Crippen molar-refractivity contribution < 1.29 is 18.0 Å². The van der Waals surface area contributed by atoms with E-state index in [-0.39, 0.29) is 23.7 Å². The molecule has 0 N–H and O–H groups in total. The third-order valence-electron chi connectivity index (χ3n) is 4.51. The van der Waals surface area contributed by atoms with Gasteiger partial charge in [-0.3, -0.25) is 4.79 Å². The molecule has 0 spiro atoms. The standard InChI is InChI=1S/C18H23FN2O3Si2/c1-18(2,17(23-25-3)24-26-4)10-14-7-8-16(22)21(14)15-9-13(19)6-5-12(15)11-20/h5-6,9,14,17H,7-8,10H2,1-4H3. The summed E-state index contributed by atoms with van der Waals surface area (Å²) in [6, 6.07) is 5.87. The maximum absolute atomic E-state index is 13.8. The average Bonchev–Trinajstić information content (AvgIpc) is 2.94. The quantitative estimate of drug-likeness (QED) is 0.505. The van der Waals surface area contributed by atoms with E-state index in [0.717, 1.165) is 0 Å². The topological polar surface area (TPSA) is 62.6 Å². The molecular weight excluding hydrogens is 367 g/mol. The third kappa shape index (κ3) is 4.59. The molecule has 1 aromatic carbocycles. The van der Waals surface area contributed by atoms with Gasteiger partial charge in [-0.1, -0.05) is 13.8 Å². The highest BCUT2D eigenvalue weighted by Gasteiger charge is 2.40. The number of anilines is 1. The molecule has 0 aromatic heterocycles. The maximum Gasteiger partial charge on any atom is 0.229 e. The van der Waals surface area contributed by atoms with Crippen LogP contribution in [0.25, 0.3) is 0 Å². The highest BCUT2D eigenvalue weighted by molar-refractivity contribution is 6.26. The highest BCUT2D eigenvalue weighted by Crippen LogP contribution is 2.38. The highest BCUT2D eigenvalue weighted by atomic mass is 28.2. The van der Waals surface area contributed by atoms with E-state index in [1.165, 1.54) is 18.2 Å². The van der Waals surface area contributed by atoms with Gasteiger partial charge in [0.05, 0.1) is 11.3 Å². The summed E-state index contributed by atoms with van der Waals surface area (Å²) in [5.74, 6) is -0.540. The van der Waals surface area contributed by atoms with Gasteiger partial charge in [-0.05, 0) is 44.1 Å². The zero-order valence-corrected chi connectivity index (χ0v) is 17.5. The van der Waals surface area contributed by atoms with Gasteiger partial charge in [0.2, 0.25) is 25.4 Å². The van der Waals surface area contributed by atoms with Crippen LogP contribution in [0, 0.1) is 22.6 Å². The first-order valence-corrected chi connectivity index (χ1v) is 11.3. The molecule has 2 rings (SSSR count). The van der Waals surface area contributed by atoms with Crippen molar-refractivity contribution >= 4 is 31.1 Å². The molecule has 8 heteroatoms. The van der Waals surface area contributed by atoms with Gasteiger partial charge < -0.3 is 13.8 Å². The van der Waals surface area contributed by atoms with E-state index in [2.05, 4.69) is 19.9 Å². The van der Waals surface area contributed by atoms with Gasteiger partial charge in [-0.15, -0.1) is 0 Å². The molecule has 1 atom stereocenters. The minimum Gasteiger partial charge on any atom is -0.394 e. The van der Waals surface area contributed by atoms with E-state index in [0.29, 0.717) is 50.0 Å². The van der Waals surface area contributed by atoms with Gasteiger partial charge in [-0.25, -0.2) is 4.39 Å². The number of halogens is 1. The second kappa shape index (κ2) is 8.91. The lowest BCUT2D eigenvalue weighted by Crippen LogP contribution is -2.43. The lowest BCUT2D eigenvalue weighted by atomic mass is 9.84. The molecule has 1 amide bonds. The molecule has 0 aliphatic carbocycles. The monoisotopic (exact) mass is 390 g/mol. The summed E-state index contributed by atoms with van der Waals surface area (Å²) in [6.45, 7) is 8.00. The van der Waals surface area contributed by atoms with Crippen molar-refractivity contribution in [1.82, 2.24) is 0 Å². The first kappa shape index (κ1) is 20.8. The molecule has 0 bridgehead atoms. The first-order chi connectivity index (χ1) is 12.3. The van der Waals surface area contributed by atoms with Crippen LogP contribution in [0.3, 0.4) is 0 Å². The van der Waals surface area contributed by atoms with E-state index in [4.69, 9.17) is 8.85 Å². The van der Waals surface area contributed by atoms with Gasteiger partial charge in [0.1, 0.15) is 18.2 Å². The summed E-state index contributed by atoms with van der Waals surface area (Å²) >= 11 is 0. The van der Waals surface area contributed by atoms with Crippen LogP contribution >= 0.6 is 0 Å². The number of amides is 1. The maximum atomic E-state index is 13.8. The van der Waals surface area contributed by atoms with Crippen LogP contribution in [0.15, 0.2) is 18.2 Å². The fourth-order valence-corrected chi connectivity index (χ4v) is 4.59. The third-order valence-corrected chi connectivity index (χ3v) is 5.41. The first-order valence-electron chi connectivity index (χ1n) is 8.50. The molecule has 1 aromatic rings. The van der Waals surface area contributed by atoms with E-state index in [1.807, 2.05) is 13.1 Å². The summed E-state index contributed by atoms with van der Waals surface area (Å²) < 4.78 is 25.3. The number of hydrogen-bond donors (Lipinski definition) is 0. The second-order valence-corrected chi connectivity index (χ2v) is 8.19. The van der Waals surface area contributed by atoms with Gasteiger partial charge in [-0.2, -0.15) is 5.26 Å². The van der Waals surface area contributed by atoms with Crippen LogP contribution in [0.2, 0.25) is 13.1 Å². The van der Waals surface area contributed by atoms with Crippen LogP contribution in [-0.2, 0) is 13.6 Å². The Morgan fingerprint density at radius 2 is 2.04 bits per heavy atom. The zero-order valence-electron chi connectivity index (χ0n) is 15.5. The number of nitrogens with zero attached hydrogens (tertiary/aromatic N) is 2. The van der Waals surface area contributed by atoms with Crippen molar-refractivity contribution in [1.29, 1.82) is 5.26 Å². The van der Waals surface area contributed by atoms with E-state index in [1.54, 1.807) is 4.90 Å². The molecule has 1 fully saturated rings. The smallest absolute Gasteiger partial charge is 0.229 e. The zero-order chi connectivity index (χ0) is 19.3. The van der Waals surface area contributed by atoms with Crippen molar-refractivity contribution in [2.75, 3.05) is 4.90 Å². The van der Waals surface area contributed by atoms with Crippen LogP contribution in [0.1, 0.15) is 38.7 Å². The van der Waals surface area contributed by atoms with Crippen molar-refractivity contribution in [3.05, 3.63) is 29.6 Å². The number of carbonyl (C=O) groups is 1. The Labute approximate surface area is 159 Å². The van der Waals surface area contributed by atoms with Crippen molar-refractivity contribution in [3.8, 4) is 6.07 Å². The molecule has 26 heavy (non-hydrogen) atoms. The Morgan fingerprint density at radius 1 is 1.38 bits per heavy atom. The van der Waals surface area contributed by atoms with Crippen molar-refractivity contribution in [3.63, 3.8) is 0 Å². The Morgan fingerprint density at radius 3 is 2.62 bits per heavy atom. The van der Waals surface area contributed by atoms with Gasteiger partial charge in [0, 0.05) is 17.9 Å². The summed E-state index contributed by atoms with van der Waals surface area (Å²) in [6.07, 6.45) is 1.33. The van der Waals surface area contributed by atoms with Gasteiger partial charge in [0.25, 0.3) is 0 Å². The predicted octanol–water partition coefficient (Wildman–Crippen LogP) is 3.30. The summed E-state index contributed by atoms with van der Waals surface area (Å²) in [7, 11) is 0.599. The summed E-state index contributed by atoms with van der Waals surface area (Å²) in [4.78, 5) is 14.1. The molecule has 4 radical (unpaired) electrons. The van der Waals surface area contributed by atoms with Crippen LogP contribution in [-0.4, -0.2) is 37.8 Å². The van der Waals surface area contributed by atoms with Gasteiger partial charge in [0.15, 0.2) is 0 Å². The van der Waals surface area contributed by atoms with Crippen LogP contribution < -0.4 is 4.90 Å². The number of carbonyl (C=O) groups excluding carboxylic acids is 1. The number of nitriles is 1. The predicted molar refractivity (Wildman–Crippen MR) is 99.2 cm³/mol. The summed E-state index contributed by atoms with van der Waals surface area (Å²) in [5.41, 5.74) is 0.321. The van der Waals surface area contributed by atoms with E-state index < -0.39 is 5.82 Å². The largest absolute Gasteiger partial charge is 0.394 e. The van der Waals surface area contributed by atoms with Crippen LogP contribution in [0.4, 0.5) is 10.1 Å². The van der Waals surface area contributed by atoms with Crippen molar-refractivity contribution in [2.45, 2.75) is 58.5 Å². The minimum atomic E-state index is -0.458. The second-order valence-electron chi connectivity index (χ2n) is 6.90. The van der Waals surface area contributed by atoms with Crippen LogP contribution in [0.5, 0.6) is 0 Å².